The molecular formula is C25H20N2O5S. The molecule has 0 unspecified atom stereocenters. The summed E-state index contributed by atoms with van der Waals surface area (Å²) in [5.74, 6) is -0.957. The quantitative estimate of drug-likeness (QED) is 0.491. The Bertz CT molecular complexity index is 1420. The van der Waals surface area contributed by atoms with E-state index in [4.69, 9.17) is 0 Å². The lowest BCUT2D eigenvalue weighted by molar-refractivity contribution is 0.0979. The van der Waals surface area contributed by atoms with Crippen molar-refractivity contribution in [2.24, 2.45) is 0 Å². The first-order valence-electron chi connectivity index (χ1n) is 10.5. The number of nitrogens with one attached hydrogen (secondary N) is 1. The van der Waals surface area contributed by atoms with Crippen LogP contribution in [0.5, 0.6) is 0 Å². The third-order valence-corrected chi connectivity index (χ3v) is 7.96. The van der Waals surface area contributed by atoms with E-state index in [1.165, 1.54) is 40.7 Å². The van der Waals surface area contributed by atoms with Gasteiger partial charge in [-0.05, 0) is 55.3 Å². The Balaban J connectivity index is 1.37. The number of carbonyl (C=O) groups is 3. The van der Waals surface area contributed by atoms with Crippen molar-refractivity contribution in [2.45, 2.75) is 23.8 Å². The van der Waals surface area contributed by atoms with Gasteiger partial charge < -0.3 is 5.32 Å². The molecule has 0 heterocycles. The van der Waals surface area contributed by atoms with Crippen LogP contribution in [0.1, 0.15) is 55.0 Å². The zero-order valence-corrected chi connectivity index (χ0v) is 18.6. The second-order valence-corrected chi connectivity index (χ2v) is 10.2. The second kappa shape index (κ2) is 7.75. The first-order valence-corrected chi connectivity index (χ1v) is 11.9. The maximum Gasteiger partial charge on any atom is 0.255 e. The van der Waals surface area contributed by atoms with Crippen molar-refractivity contribution in [3.8, 4) is 0 Å². The van der Waals surface area contributed by atoms with E-state index in [1.54, 1.807) is 37.4 Å². The average Bonchev–Trinajstić information content (AvgIpc) is 3.67. The summed E-state index contributed by atoms with van der Waals surface area (Å²) in [7, 11) is -2.03. The van der Waals surface area contributed by atoms with Gasteiger partial charge >= 0.3 is 0 Å². The van der Waals surface area contributed by atoms with Gasteiger partial charge in [-0.15, -0.1) is 0 Å². The number of hydrogen-bond donors (Lipinski definition) is 1. The number of sulfonamides is 1. The number of nitrogens with zero attached hydrogens (tertiary/aromatic N) is 1. The van der Waals surface area contributed by atoms with Crippen LogP contribution in [-0.4, -0.2) is 43.3 Å². The molecule has 0 aromatic heterocycles. The number of anilines is 1. The number of amides is 1. The molecule has 3 aromatic carbocycles. The Morgan fingerprint density at radius 3 is 2.03 bits per heavy atom. The standard InChI is InChI=1S/C25H20N2O5S/c1-27(17-9-10-17)33(31,32)18-11-6-15(7-12-18)25(30)26-16-8-13-21-22(14-16)24(29)20-5-3-2-4-19(20)23(21)28/h2-8,11-14,17H,9-10H2,1H3,(H,26,30). The molecule has 7 nitrogen and oxygen atoms in total. The van der Waals surface area contributed by atoms with Gasteiger partial charge in [-0.1, -0.05) is 24.3 Å². The number of rotatable bonds is 5. The normalized spacial score (nSPS) is 15.2. The number of carbonyl (C=O) groups excluding carboxylic acids is 3. The van der Waals surface area contributed by atoms with E-state index in [2.05, 4.69) is 5.32 Å². The average molecular weight is 461 g/mol. The smallest absolute Gasteiger partial charge is 0.255 e. The van der Waals surface area contributed by atoms with Crippen molar-refractivity contribution in [1.29, 1.82) is 0 Å². The molecule has 1 fully saturated rings. The van der Waals surface area contributed by atoms with E-state index in [-0.39, 0.29) is 33.6 Å². The highest BCUT2D eigenvalue weighted by Gasteiger charge is 2.35. The predicted octanol–water partition coefficient (Wildman–Crippen LogP) is 3.50. The van der Waals surface area contributed by atoms with E-state index >= 15 is 0 Å². The van der Waals surface area contributed by atoms with Gasteiger partial charge in [0.2, 0.25) is 10.0 Å². The first-order chi connectivity index (χ1) is 15.8. The summed E-state index contributed by atoms with van der Waals surface area (Å²) < 4.78 is 26.6. The minimum atomic E-state index is -3.59. The van der Waals surface area contributed by atoms with Crippen molar-refractivity contribution in [2.75, 3.05) is 12.4 Å². The Labute approximate surface area is 191 Å². The maximum absolute atomic E-state index is 12.9. The van der Waals surface area contributed by atoms with E-state index in [1.807, 2.05) is 0 Å². The van der Waals surface area contributed by atoms with Crippen LogP contribution in [0.15, 0.2) is 71.6 Å². The molecule has 2 aliphatic rings. The molecule has 0 aliphatic heterocycles. The van der Waals surface area contributed by atoms with E-state index in [0.29, 0.717) is 22.4 Å². The van der Waals surface area contributed by atoms with E-state index in [9.17, 15) is 22.8 Å². The lowest BCUT2D eigenvalue weighted by atomic mass is 9.84. The van der Waals surface area contributed by atoms with Crippen LogP contribution in [0.3, 0.4) is 0 Å². The van der Waals surface area contributed by atoms with E-state index < -0.39 is 15.9 Å². The van der Waals surface area contributed by atoms with Gasteiger partial charge in [0.15, 0.2) is 11.6 Å². The minimum Gasteiger partial charge on any atom is -0.322 e. The highest BCUT2D eigenvalue weighted by atomic mass is 32.2. The van der Waals surface area contributed by atoms with Crippen molar-refractivity contribution >= 4 is 33.2 Å². The minimum absolute atomic E-state index is 0.0449. The molecular weight excluding hydrogens is 440 g/mol. The summed E-state index contributed by atoms with van der Waals surface area (Å²) in [4.78, 5) is 38.4. The number of benzene rings is 3. The van der Waals surface area contributed by atoms with Gasteiger partial charge in [0.1, 0.15) is 0 Å². The topological polar surface area (TPSA) is 101 Å². The van der Waals surface area contributed by atoms with Crippen LogP contribution in [0.2, 0.25) is 0 Å². The zero-order chi connectivity index (χ0) is 23.3. The SMILES string of the molecule is CN(C1CC1)S(=O)(=O)c1ccc(C(=O)Nc2ccc3c(c2)C(=O)c2ccccc2C3=O)cc1. The van der Waals surface area contributed by atoms with Crippen molar-refractivity contribution < 1.29 is 22.8 Å². The fraction of sp³-hybridized carbons (Fsp3) is 0.160. The molecule has 0 bridgehead atoms. The fourth-order valence-corrected chi connectivity index (χ4v) is 5.38. The monoisotopic (exact) mass is 460 g/mol. The summed E-state index contributed by atoms with van der Waals surface area (Å²) in [5, 5.41) is 2.71. The maximum atomic E-state index is 12.9. The Morgan fingerprint density at radius 1 is 0.848 bits per heavy atom. The summed E-state index contributed by atoms with van der Waals surface area (Å²) in [6, 6.07) is 17.0. The van der Waals surface area contributed by atoms with Crippen molar-refractivity contribution in [3.63, 3.8) is 0 Å². The lowest BCUT2D eigenvalue weighted by Crippen LogP contribution is -2.29. The van der Waals surface area contributed by atoms with Crippen LogP contribution in [0.4, 0.5) is 5.69 Å². The highest BCUT2D eigenvalue weighted by molar-refractivity contribution is 7.89. The Hall–Kier alpha value is -3.62. The van der Waals surface area contributed by atoms with Gasteiger partial charge in [-0.3, -0.25) is 14.4 Å². The van der Waals surface area contributed by atoms with Crippen LogP contribution in [0, 0.1) is 0 Å². The predicted molar refractivity (Wildman–Crippen MR) is 122 cm³/mol. The van der Waals surface area contributed by atoms with Gasteiger partial charge in [-0.25, -0.2) is 8.42 Å². The molecule has 8 heteroatoms. The third-order valence-electron chi connectivity index (χ3n) is 6.04. The second-order valence-electron chi connectivity index (χ2n) is 8.20. The summed E-state index contributed by atoms with van der Waals surface area (Å²) in [6.07, 6.45) is 1.72. The third kappa shape index (κ3) is 3.67. The molecule has 1 amide bonds. The van der Waals surface area contributed by atoms with Gasteiger partial charge in [0, 0.05) is 46.6 Å². The van der Waals surface area contributed by atoms with Crippen molar-refractivity contribution in [1.82, 2.24) is 4.31 Å². The summed E-state index contributed by atoms with van der Waals surface area (Å²) >= 11 is 0. The lowest BCUT2D eigenvalue weighted by Gasteiger charge is -2.18. The van der Waals surface area contributed by atoms with Crippen molar-refractivity contribution in [3.05, 3.63) is 94.5 Å². The molecule has 0 radical (unpaired) electrons. The van der Waals surface area contributed by atoms with Gasteiger partial charge in [0.05, 0.1) is 4.90 Å². The number of ketones is 2. The highest BCUT2D eigenvalue weighted by Crippen LogP contribution is 2.31. The molecule has 2 aliphatic carbocycles. The van der Waals surface area contributed by atoms with Gasteiger partial charge in [-0.2, -0.15) is 4.31 Å². The molecule has 33 heavy (non-hydrogen) atoms. The molecule has 1 N–H and O–H groups in total. The Morgan fingerprint density at radius 2 is 1.42 bits per heavy atom. The molecule has 0 spiro atoms. The fourth-order valence-electron chi connectivity index (χ4n) is 3.96. The molecule has 0 atom stereocenters. The Kier molecular flexibility index (Phi) is 4.99. The van der Waals surface area contributed by atoms with Crippen LogP contribution in [-0.2, 0) is 10.0 Å². The molecule has 1 saturated carbocycles. The largest absolute Gasteiger partial charge is 0.322 e. The van der Waals surface area contributed by atoms with Crippen LogP contribution < -0.4 is 5.32 Å². The van der Waals surface area contributed by atoms with Gasteiger partial charge in [0.25, 0.3) is 5.91 Å². The van der Waals surface area contributed by atoms with Crippen LogP contribution >= 0.6 is 0 Å². The zero-order valence-electron chi connectivity index (χ0n) is 17.7. The van der Waals surface area contributed by atoms with Crippen LogP contribution in [0.25, 0.3) is 0 Å². The summed E-state index contributed by atoms with van der Waals surface area (Å²) in [6.45, 7) is 0. The molecule has 0 saturated heterocycles. The first kappa shape index (κ1) is 21.2. The van der Waals surface area contributed by atoms with E-state index in [0.717, 1.165) is 12.8 Å². The summed E-state index contributed by atoms with van der Waals surface area (Å²) in [5.41, 5.74) is 1.88. The number of fused-ring (bicyclic) bond motifs is 2. The molecule has 5 rings (SSSR count). The number of hydrogen-bond acceptors (Lipinski definition) is 5. The molecule has 3 aromatic rings. The molecule has 166 valence electrons.